The molecule has 116 valence electrons. The largest absolute Gasteiger partial charge is 0.481 e. The Morgan fingerprint density at radius 2 is 2.00 bits per heavy atom. The first-order valence-electron chi connectivity index (χ1n) is 7.40. The molecule has 0 bridgehead atoms. The second-order valence-electron chi connectivity index (χ2n) is 6.31. The van der Waals surface area contributed by atoms with Crippen molar-refractivity contribution >= 4 is 11.9 Å². The van der Waals surface area contributed by atoms with Gasteiger partial charge in [0, 0.05) is 20.1 Å². The fraction of sp³-hybridized carbons (Fsp3) is 0.867. The van der Waals surface area contributed by atoms with Gasteiger partial charge in [-0.05, 0) is 37.5 Å². The minimum Gasteiger partial charge on any atom is -0.481 e. The number of carbonyl (C=O) groups excluding carboxylic acids is 1. The lowest BCUT2D eigenvalue weighted by Gasteiger charge is -2.40. The van der Waals surface area contributed by atoms with Crippen molar-refractivity contribution in [2.45, 2.75) is 58.0 Å². The first-order chi connectivity index (χ1) is 9.37. The molecule has 1 saturated carbocycles. The zero-order chi connectivity index (χ0) is 15.2. The third-order valence-corrected chi connectivity index (χ3v) is 4.04. The number of carboxylic acids is 1. The van der Waals surface area contributed by atoms with E-state index in [2.05, 4.69) is 19.2 Å². The average Bonchev–Trinajstić information content (AvgIpc) is 2.29. The van der Waals surface area contributed by atoms with Gasteiger partial charge < -0.3 is 15.2 Å². The van der Waals surface area contributed by atoms with Gasteiger partial charge in [-0.3, -0.25) is 9.59 Å². The van der Waals surface area contributed by atoms with Gasteiger partial charge in [-0.1, -0.05) is 13.8 Å². The highest BCUT2D eigenvalue weighted by Crippen LogP contribution is 2.37. The molecule has 1 unspecified atom stereocenters. The Bertz CT molecular complexity index is 331. The molecule has 0 spiro atoms. The molecule has 0 radical (unpaired) electrons. The molecular formula is C15H27NO4. The molecule has 1 aliphatic rings. The molecule has 20 heavy (non-hydrogen) atoms. The smallest absolute Gasteiger partial charge is 0.303 e. The van der Waals surface area contributed by atoms with Gasteiger partial charge in [0.2, 0.25) is 5.91 Å². The quantitative estimate of drug-likeness (QED) is 0.681. The van der Waals surface area contributed by atoms with Crippen molar-refractivity contribution in [3.63, 3.8) is 0 Å². The number of hydrogen-bond donors (Lipinski definition) is 2. The number of methoxy groups -OCH3 is 1. The van der Waals surface area contributed by atoms with E-state index >= 15 is 0 Å². The number of ether oxygens (including phenoxy) is 1. The summed E-state index contributed by atoms with van der Waals surface area (Å²) in [6.45, 7) is 4.55. The Labute approximate surface area is 121 Å². The summed E-state index contributed by atoms with van der Waals surface area (Å²) in [5.74, 6) is -0.424. The predicted octanol–water partition coefficient (Wildman–Crippen LogP) is 2.20. The fourth-order valence-corrected chi connectivity index (χ4v) is 2.79. The summed E-state index contributed by atoms with van der Waals surface area (Å²) < 4.78 is 5.43. The van der Waals surface area contributed by atoms with Gasteiger partial charge in [0.25, 0.3) is 0 Å². The molecule has 0 aromatic carbocycles. The van der Waals surface area contributed by atoms with Crippen LogP contribution in [-0.2, 0) is 14.3 Å². The molecule has 0 aromatic heterocycles. The number of carboxylic acid groups (broad SMARTS) is 1. The summed E-state index contributed by atoms with van der Waals surface area (Å²) in [6, 6.07) is 0. The van der Waals surface area contributed by atoms with E-state index in [-0.39, 0.29) is 23.8 Å². The van der Waals surface area contributed by atoms with Gasteiger partial charge in [0.15, 0.2) is 0 Å². The fourth-order valence-electron chi connectivity index (χ4n) is 2.79. The number of aliphatic carboxylic acids is 1. The zero-order valence-electron chi connectivity index (χ0n) is 12.8. The molecule has 0 aliphatic heterocycles. The molecule has 1 fully saturated rings. The van der Waals surface area contributed by atoms with E-state index in [1.807, 2.05) is 0 Å². The number of hydrogen-bond acceptors (Lipinski definition) is 3. The van der Waals surface area contributed by atoms with Crippen molar-refractivity contribution in [1.29, 1.82) is 0 Å². The predicted molar refractivity (Wildman–Crippen MR) is 76.4 cm³/mol. The third-order valence-electron chi connectivity index (χ3n) is 4.04. The zero-order valence-corrected chi connectivity index (χ0v) is 12.8. The van der Waals surface area contributed by atoms with Crippen LogP contribution in [0.2, 0.25) is 0 Å². The van der Waals surface area contributed by atoms with E-state index < -0.39 is 5.97 Å². The monoisotopic (exact) mass is 285 g/mol. The maximum atomic E-state index is 11.9. The first-order valence-corrected chi connectivity index (χ1v) is 7.40. The Hall–Kier alpha value is -1.10. The van der Waals surface area contributed by atoms with Gasteiger partial charge in [-0.25, -0.2) is 0 Å². The second-order valence-corrected chi connectivity index (χ2v) is 6.31. The molecule has 1 aliphatic carbocycles. The van der Waals surface area contributed by atoms with Crippen LogP contribution >= 0.6 is 0 Å². The van der Waals surface area contributed by atoms with Gasteiger partial charge in [-0.2, -0.15) is 0 Å². The van der Waals surface area contributed by atoms with Gasteiger partial charge >= 0.3 is 5.97 Å². The van der Waals surface area contributed by atoms with Crippen molar-refractivity contribution in [2.75, 3.05) is 13.7 Å². The Balaban J connectivity index is 2.37. The minimum absolute atomic E-state index is 0.00339. The standard InChI is InChI=1S/C15H27NO4/c1-11(2)7-12(8-14(18)19)10-16-13(17)9-15(20-3)5-4-6-15/h11-12H,4-10H2,1-3H3,(H,16,17)(H,18,19). The van der Waals surface area contributed by atoms with E-state index in [0.29, 0.717) is 18.9 Å². The Morgan fingerprint density at radius 1 is 1.35 bits per heavy atom. The number of rotatable bonds is 9. The molecule has 0 aromatic rings. The van der Waals surface area contributed by atoms with Crippen LogP contribution in [0.25, 0.3) is 0 Å². The highest BCUT2D eigenvalue weighted by Gasteiger charge is 2.38. The summed E-state index contributed by atoms with van der Waals surface area (Å²) in [5.41, 5.74) is -0.273. The molecule has 1 rings (SSSR count). The topological polar surface area (TPSA) is 75.6 Å². The van der Waals surface area contributed by atoms with Crippen LogP contribution in [0.1, 0.15) is 52.4 Å². The van der Waals surface area contributed by atoms with Crippen molar-refractivity contribution < 1.29 is 19.4 Å². The van der Waals surface area contributed by atoms with E-state index in [4.69, 9.17) is 9.84 Å². The van der Waals surface area contributed by atoms with Crippen LogP contribution in [0.5, 0.6) is 0 Å². The van der Waals surface area contributed by atoms with Crippen molar-refractivity contribution in [3.8, 4) is 0 Å². The highest BCUT2D eigenvalue weighted by atomic mass is 16.5. The third kappa shape index (κ3) is 5.49. The molecule has 0 heterocycles. The number of nitrogens with one attached hydrogen (secondary N) is 1. The van der Waals surface area contributed by atoms with Crippen LogP contribution in [0.15, 0.2) is 0 Å². The molecule has 0 saturated heterocycles. The van der Waals surface area contributed by atoms with Crippen LogP contribution in [0.4, 0.5) is 0 Å². The van der Waals surface area contributed by atoms with Gasteiger partial charge in [-0.15, -0.1) is 0 Å². The number of carbonyl (C=O) groups is 2. The lowest BCUT2D eigenvalue weighted by atomic mass is 9.77. The van der Waals surface area contributed by atoms with Crippen LogP contribution in [0.3, 0.4) is 0 Å². The van der Waals surface area contributed by atoms with E-state index in [0.717, 1.165) is 25.7 Å². The lowest BCUT2D eigenvalue weighted by molar-refractivity contribution is -0.139. The molecule has 5 nitrogen and oxygen atoms in total. The lowest BCUT2D eigenvalue weighted by Crippen LogP contribution is -2.44. The Kier molecular flexibility index (Phi) is 6.46. The minimum atomic E-state index is -0.808. The van der Waals surface area contributed by atoms with Crippen LogP contribution < -0.4 is 5.32 Å². The number of amides is 1. The van der Waals surface area contributed by atoms with Crippen molar-refractivity contribution in [1.82, 2.24) is 5.32 Å². The summed E-state index contributed by atoms with van der Waals surface area (Å²) in [5, 5.41) is 11.8. The normalized spacial score (nSPS) is 18.4. The molecule has 1 atom stereocenters. The molecule has 1 amide bonds. The summed E-state index contributed by atoms with van der Waals surface area (Å²) in [7, 11) is 1.65. The summed E-state index contributed by atoms with van der Waals surface area (Å²) >= 11 is 0. The van der Waals surface area contributed by atoms with E-state index in [9.17, 15) is 9.59 Å². The highest BCUT2D eigenvalue weighted by molar-refractivity contribution is 5.77. The van der Waals surface area contributed by atoms with Crippen LogP contribution in [0, 0.1) is 11.8 Å². The maximum Gasteiger partial charge on any atom is 0.303 e. The van der Waals surface area contributed by atoms with E-state index in [1.54, 1.807) is 7.11 Å². The molecule has 5 heteroatoms. The first kappa shape index (κ1) is 17.0. The average molecular weight is 285 g/mol. The summed E-state index contributed by atoms with van der Waals surface area (Å²) in [6.07, 6.45) is 4.26. The van der Waals surface area contributed by atoms with Crippen LogP contribution in [-0.4, -0.2) is 36.2 Å². The van der Waals surface area contributed by atoms with Crippen molar-refractivity contribution in [2.24, 2.45) is 11.8 Å². The van der Waals surface area contributed by atoms with E-state index in [1.165, 1.54) is 0 Å². The Morgan fingerprint density at radius 3 is 2.40 bits per heavy atom. The van der Waals surface area contributed by atoms with Gasteiger partial charge in [0.05, 0.1) is 12.0 Å². The van der Waals surface area contributed by atoms with Crippen molar-refractivity contribution in [3.05, 3.63) is 0 Å². The molecule has 2 N–H and O–H groups in total. The summed E-state index contributed by atoms with van der Waals surface area (Å²) in [4.78, 5) is 22.8. The molecular weight excluding hydrogens is 258 g/mol. The maximum absolute atomic E-state index is 11.9. The van der Waals surface area contributed by atoms with Gasteiger partial charge in [0.1, 0.15) is 0 Å². The second kappa shape index (κ2) is 7.62. The SMILES string of the molecule is COC1(CC(=O)NCC(CC(=O)O)CC(C)C)CCC1.